The third-order valence-corrected chi connectivity index (χ3v) is 3.20. The van der Waals surface area contributed by atoms with Crippen LogP contribution in [0.5, 0.6) is 0 Å². The first kappa shape index (κ1) is 14.2. The highest BCUT2D eigenvalue weighted by atomic mass is 35.5. The molecule has 19 heavy (non-hydrogen) atoms. The molecule has 2 heterocycles. The molecule has 0 aliphatic carbocycles. The Morgan fingerprint density at radius 1 is 1.63 bits per heavy atom. The van der Waals surface area contributed by atoms with Crippen LogP contribution in [0, 0.1) is 6.92 Å². The molecule has 0 radical (unpaired) electrons. The van der Waals surface area contributed by atoms with Crippen molar-refractivity contribution in [2.75, 3.05) is 26.8 Å². The molecular formula is C12H17ClN4O2. The molecule has 1 N–H and O–H groups in total. The summed E-state index contributed by atoms with van der Waals surface area (Å²) in [6.45, 7) is 4.02. The maximum Gasteiger partial charge on any atom is 0.239 e. The van der Waals surface area contributed by atoms with Crippen LogP contribution in [0.4, 0.5) is 0 Å². The van der Waals surface area contributed by atoms with Gasteiger partial charge in [0.15, 0.2) is 0 Å². The number of aromatic nitrogens is 2. The van der Waals surface area contributed by atoms with Crippen LogP contribution >= 0.6 is 11.6 Å². The van der Waals surface area contributed by atoms with Gasteiger partial charge in [0.25, 0.3) is 0 Å². The van der Waals surface area contributed by atoms with Gasteiger partial charge in [0.2, 0.25) is 5.91 Å². The maximum atomic E-state index is 11.8. The molecule has 0 aromatic carbocycles. The standard InChI is InChI=1S/C12H17ClN4O2/c1-8-5-10(13)16-11(15-8)6-17-3-4-19-7-9(17)12(18)14-2/h5,9H,3-4,6-7H2,1-2H3,(H,14,18). The number of amides is 1. The number of nitrogens with zero attached hydrogens (tertiary/aromatic N) is 3. The Hall–Kier alpha value is -1.24. The van der Waals surface area contributed by atoms with Gasteiger partial charge < -0.3 is 10.1 Å². The Morgan fingerprint density at radius 2 is 2.42 bits per heavy atom. The van der Waals surface area contributed by atoms with Crippen molar-refractivity contribution in [2.45, 2.75) is 19.5 Å². The number of likely N-dealkylation sites (N-methyl/N-ethyl adjacent to an activating group) is 1. The number of rotatable bonds is 3. The van der Waals surface area contributed by atoms with Crippen molar-refractivity contribution in [3.8, 4) is 0 Å². The predicted molar refractivity (Wildman–Crippen MR) is 70.9 cm³/mol. The summed E-state index contributed by atoms with van der Waals surface area (Å²) in [5.41, 5.74) is 0.819. The molecule has 1 aliphatic heterocycles. The van der Waals surface area contributed by atoms with Crippen molar-refractivity contribution in [1.82, 2.24) is 20.2 Å². The summed E-state index contributed by atoms with van der Waals surface area (Å²) >= 11 is 5.92. The van der Waals surface area contributed by atoms with Crippen molar-refractivity contribution >= 4 is 17.5 Å². The van der Waals surface area contributed by atoms with E-state index in [1.807, 2.05) is 11.8 Å². The number of morpholine rings is 1. The van der Waals surface area contributed by atoms with Gasteiger partial charge in [0.1, 0.15) is 17.0 Å². The quantitative estimate of drug-likeness (QED) is 0.813. The second-order valence-corrected chi connectivity index (χ2v) is 4.81. The van der Waals surface area contributed by atoms with Crippen LogP contribution in [-0.2, 0) is 16.1 Å². The summed E-state index contributed by atoms with van der Waals surface area (Å²) in [7, 11) is 1.62. The molecule has 1 saturated heterocycles. The summed E-state index contributed by atoms with van der Waals surface area (Å²) in [6, 6.07) is 1.40. The Kier molecular flexibility index (Phi) is 4.68. The first-order valence-corrected chi connectivity index (χ1v) is 6.51. The summed E-state index contributed by atoms with van der Waals surface area (Å²) in [4.78, 5) is 22.3. The minimum absolute atomic E-state index is 0.0570. The average Bonchev–Trinajstić information content (AvgIpc) is 2.37. The lowest BCUT2D eigenvalue weighted by Gasteiger charge is -2.33. The second kappa shape index (κ2) is 6.27. The SMILES string of the molecule is CNC(=O)C1COCCN1Cc1nc(C)cc(Cl)n1. The van der Waals surface area contributed by atoms with E-state index < -0.39 is 0 Å². The number of nitrogens with one attached hydrogen (secondary N) is 1. The van der Waals surface area contributed by atoms with E-state index in [1.54, 1.807) is 13.1 Å². The molecule has 2 rings (SSSR count). The van der Waals surface area contributed by atoms with Gasteiger partial charge >= 0.3 is 0 Å². The van der Waals surface area contributed by atoms with Crippen molar-refractivity contribution in [2.24, 2.45) is 0 Å². The molecule has 1 unspecified atom stereocenters. The third-order valence-electron chi connectivity index (χ3n) is 3.00. The van der Waals surface area contributed by atoms with E-state index in [4.69, 9.17) is 16.3 Å². The molecule has 1 fully saturated rings. The molecule has 1 aromatic heterocycles. The fraction of sp³-hybridized carbons (Fsp3) is 0.583. The van der Waals surface area contributed by atoms with Gasteiger partial charge in [-0.05, 0) is 13.0 Å². The minimum Gasteiger partial charge on any atom is -0.378 e. The Balaban J connectivity index is 2.12. The topological polar surface area (TPSA) is 67.3 Å². The highest BCUT2D eigenvalue weighted by molar-refractivity contribution is 6.29. The van der Waals surface area contributed by atoms with Crippen molar-refractivity contribution in [3.05, 3.63) is 22.7 Å². The summed E-state index contributed by atoms with van der Waals surface area (Å²) in [5, 5.41) is 3.07. The Labute approximate surface area is 117 Å². The van der Waals surface area contributed by atoms with E-state index in [-0.39, 0.29) is 11.9 Å². The first-order valence-electron chi connectivity index (χ1n) is 6.13. The molecule has 7 heteroatoms. The molecular weight excluding hydrogens is 268 g/mol. The van der Waals surface area contributed by atoms with Gasteiger partial charge in [-0.1, -0.05) is 11.6 Å². The molecule has 0 bridgehead atoms. The summed E-state index contributed by atoms with van der Waals surface area (Å²) in [6.07, 6.45) is 0. The molecule has 104 valence electrons. The van der Waals surface area contributed by atoms with Crippen LogP contribution in [0.15, 0.2) is 6.07 Å². The Morgan fingerprint density at radius 3 is 3.11 bits per heavy atom. The number of hydrogen-bond donors (Lipinski definition) is 1. The first-order chi connectivity index (χ1) is 9.10. The highest BCUT2D eigenvalue weighted by Crippen LogP contribution is 2.13. The van der Waals surface area contributed by atoms with Crippen LogP contribution in [0.2, 0.25) is 5.15 Å². The molecule has 1 aromatic rings. The summed E-state index contributed by atoms with van der Waals surface area (Å²) < 4.78 is 5.35. The zero-order valence-corrected chi connectivity index (χ0v) is 11.8. The minimum atomic E-state index is -0.304. The van der Waals surface area contributed by atoms with Crippen molar-refractivity contribution in [3.63, 3.8) is 0 Å². The lowest BCUT2D eigenvalue weighted by molar-refractivity contribution is -0.132. The van der Waals surface area contributed by atoms with Crippen LogP contribution in [-0.4, -0.2) is 53.6 Å². The monoisotopic (exact) mass is 284 g/mol. The van der Waals surface area contributed by atoms with E-state index in [2.05, 4.69) is 15.3 Å². The van der Waals surface area contributed by atoms with Crippen molar-refractivity contribution < 1.29 is 9.53 Å². The normalized spacial score (nSPS) is 20.3. The van der Waals surface area contributed by atoms with Crippen LogP contribution in [0.25, 0.3) is 0 Å². The number of hydrogen-bond acceptors (Lipinski definition) is 5. The molecule has 6 nitrogen and oxygen atoms in total. The number of halogens is 1. The molecule has 0 saturated carbocycles. The fourth-order valence-electron chi connectivity index (χ4n) is 2.08. The zero-order valence-electron chi connectivity index (χ0n) is 11.0. The second-order valence-electron chi connectivity index (χ2n) is 4.42. The largest absolute Gasteiger partial charge is 0.378 e. The van der Waals surface area contributed by atoms with Crippen molar-refractivity contribution in [1.29, 1.82) is 0 Å². The fourth-order valence-corrected chi connectivity index (χ4v) is 2.33. The van der Waals surface area contributed by atoms with Crippen LogP contribution < -0.4 is 5.32 Å². The van der Waals surface area contributed by atoms with E-state index >= 15 is 0 Å². The highest BCUT2D eigenvalue weighted by Gasteiger charge is 2.29. The summed E-state index contributed by atoms with van der Waals surface area (Å²) in [5.74, 6) is 0.569. The van der Waals surface area contributed by atoms with E-state index in [9.17, 15) is 4.79 Å². The van der Waals surface area contributed by atoms with Crippen LogP contribution in [0.1, 0.15) is 11.5 Å². The van der Waals surface area contributed by atoms with Gasteiger partial charge in [-0.15, -0.1) is 0 Å². The number of carbonyl (C=O) groups excluding carboxylic acids is 1. The number of ether oxygens (including phenoxy) is 1. The molecule has 0 spiro atoms. The number of aryl methyl sites for hydroxylation is 1. The van der Waals surface area contributed by atoms with E-state index in [0.717, 1.165) is 5.69 Å². The lowest BCUT2D eigenvalue weighted by atomic mass is 10.2. The maximum absolute atomic E-state index is 11.8. The third kappa shape index (κ3) is 3.62. The van der Waals surface area contributed by atoms with Gasteiger partial charge in [0.05, 0.1) is 19.8 Å². The molecule has 1 amide bonds. The van der Waals surface area contributed by atoms with Gasteiger partial charge in [-0.25, -0.2) is 9.97 Å². The number of carbonyl (C=O) groups is 1. The van der Waals surface area contributed by atoms with Gasteiger partial charge in [-0.3, -0.25) is 9.69 Å². The predicted octanol–water partition coefficient (Wildman–Crippen LogP) is 0.385. The van der Waals surface area contributed by atoms with Gasteiger partial charge in [-0.2, -0.15) is 0 Å². The van der Waals surface area contributed by atoms with Gasteiger partial charge in [0, 0.05) is 19.3 Å². The lowest BCUT2D eigenvalue weighted by Crippen LogP contribution is -2.52. The van der Waals surface area contributed by atoms with E-state index in [0.29, 0.717) is 37.3 Å². The molecule has 1 atom stereocenters. The van der Waals surface area contributed by atoms with Crippen LogP contribution in [0.3, 0.4) is 0 Å². The molecule has 1 aliphatic rings. The Bertz CT molecular complexity index is 449. The van der Waals surface area contributed by atoms with E-state index in [1.165, 1.54) is 0 Å². The smallest absolute Gasteiger partial charge is 0.239 e. The average molecular weight is 285 g/mol. The zero-order chi connectivity index (χ0) is 13.8.